The summed E-state index contributed by atoms with van der Waals surface area (Å²) in [5, 5.41) is 4.83. The number of nitrogens with two attached hydrogens (primary N) is 1. The third kappa shape index (κ3) is 4.97. The van der Waals surface area contributed by atoms with Crippen molar-refractivity contribution in [1.82, 2.24) is 5.32 Å². The summed E-state index contributed by atoms with van der Waals surface area (Å²) in [6.07, 6.45) is 0.349. The average Bonchev–Trinajstić information content (AvgIpc) is 2.73. The summed E-state index contributed by atoms with van der Waals surface area (Å²) in [6.45, 7) is 3.37. The van der Waals surface area contributed by atoms with Crippen molar-refractivity contribution in [2.24, 2.45) is 5.73 Å². The molecule has 1 aromatic rings. The Morgan fingerprint density at radius 2 is 2.29 bits per heavy atom. The topological polar surface area (TPSA) is 81.4 Å². The number of carbonyl (C=O) groups excluding carboxylic acids is 2. The SMILES string of the molecule is CCOC(=O)CCNCc1cc(C(N)=O)cs1. The van der Waals surface area contributed by atoms with E-state index in [1.807, 2.05) is 0 Å². The lowest BCUT2D eigenvalue weighted by molar-refractivity contribution is -0.142. The van der Waals surface area contributed by atoms with E-state index in [1.165, 1.54) is 11.3 Å². The van der Waals surface area contributed by atoms with Crippen molar-refractivity contribution >= 4 is 23.2 Å². The standard InChI is InChI=1S/C11H16N2O3S/c1-2-16-10(14)3-4-13-6-9-5-8(7-17-9)11(12)15/h5,7,13H,2-4,6H2,1H3,(H2,12,15). The van der Waals surface area contributed by atoms with Crippen LogP contribution in [-0.4, -0.2) is 25.0 Å². The van der Waals surface area contributed by atoms with E-state index >= 15 is 0 Å². The molecule has 0 aliphatic rings. The van der Waals surface area contributed by atoms with Gasteiger partial charge >= 0.3 is 5.97 Å². The lowest BCUT2D eigenvalue weighted by atomic mass is 10.3. The molecule has 94 valence electrons. The number of primary amides is 1. The maximum absolute atomic E-state index is 11.0. The first-order valence-electron chi connectivity index (χ1n) is 5.37. The molecule has 0 aliphatic carbocycles. The zero-order chi connectivity index (χ0) is 12.7. The molecule has 0 saturated carbocycles. The van der Waals surface area contributed by atoms with Gasteiger partial charge in [0.25, 0.3) is 0 Å². The van der Waals surface area contributed by atoms with Crippen molar-refractivity contribution in [2.45, 2.75) is 19.9 Å². The molecule has 0 fully saturated rings. The molecule has 1 aromatic heterocycles. The Bertz CT molecular complexity index is 390. The zero-order valence-electron chi connectivity index (χ0n) is 9.69. The second-order valence-corrected chi connectivity index (χ2v) is 4.39. The highest BCUT2D eigenvalue weighted by Gasteiger charge is 2.05. The van der Waals surface area contributed by atoms with Crippen LogP contribution in [0.3, 0.4) is 0 Å². The van der Waals surface area contributed by atoms with Crippen LogP contribution in [0.25, 0.3) is 0 Å². The highest BCUT2D eigenvalue weighted by molar-refractivity contribution is 7.10. The molecule has 1 heterocycles. The minimum atomic E-state index is -0.418. The van der Waals surface area contributed by atoms with Gasteiger partial charge < -0.3 is 15.8 Å². The maximum atomic E-state index is 11.0. The van der Waals surface area contributed by atoms with E-state index in [9.17, 15) is 9.59 Å². The van der Waals surface area contributed by atoms with Crippen molar-refractivity contribution in [2.75, 3.05) is 13.2 Å². The van der Waals surface area contributed by atoms with E-state index in [0.717, 1.165) is 4.88 Å². The minimum Gasteiger partial charge on any atom is -0.466 e. The van der Waals surface area contributed by atoms with Crippen molar-refractivity contribution in [3.05, 3.63) is 21.9 Å². The molecule has 0 aliphatic heterocycles. The fourth-order valence-electron chi connectivity index (χ4n) is 1.24. The predicted molar refractivity (Wildman–Crippen MR) is 65.8 cm³/mol. The van der Waals surface area contributed by atoms with Gasteiger partial charge in [-0.15, -0.1) is 11.3 Å². The fourth-order valence-corrected chi connectivity index (χ4v) is 2.08. The molecule has 0 saturated heterocycles. The molecular formula is C11H16N2O3S. The lowest BCUT2D eigenvalue weighted by Crippen LogP contribution is -2.18. The summed E-state index contributed by atoms with van der Waals surface area (Å²) in [4.78, 5) is 22.9. The monoisotopic (exact) mass is 256 g/mol. The van der Waals surface area contributed by atoms with Gasteiger partial charge in [-0.25, -0.2) is 0 Å². The quantitative estimate of drug-likeness (QED) is 0.561. The first-order chi connectivity index (χ1) is 8.13. The van der Waals surface area contributed by atoms with Crippen molar-refractivity contribution in [1.29, 1.82) is 0 Å². The Morgan fingerprint density at radius 3 is 2.88 bits per heavy atom. The Labute approximate surface area is 104 Å². The van der Waals surface area contributed by atoms with Gasteiger partial charge in [-0.3, -0.25) is 9.59 Å². The van der Waals surface area contributed by atoms with Gasteiger partial charge in [-0.05, 0) is 13.0 Å². The molecular weight excluding hydrogens is 240 g/mol. The molecule has 17 heavy (non-hydrogen) atoms. The highest BCUT2D eigenvalue weighted by atomic mass is 32.1. The van der Waals surface area contributed by atoms with Crippen LogP contribution in [0, 0.1) is 0 Å². The summed E-state index contributed by atoms with van der Waals surface area (Å²) in [5.74, 6) is -0.622. The van der Waals surface area contributed by atoms with Crippen molar-refractivity contribution in [3.8, 4) is 0 Å². The van der Waals surface area contributed by atoms with Gasteiger partial charge in [-0.2, -0.15) is 0 Å². The summed E-state index contributed by atoms with van der Waals surface area (Å²) >= 11 is 1.47. The molecule has 0 bridgehead atoms. The van der Waals surface area contributed by atoms with E-state index < -0.39 is 5.91 Å². The lowest BCUT2D eigenvalue weighted by Gasteiger charge is -2.02. The third-order valence-corrected chi connectivity index (χ3v) is 2.99. The van der Waals surface area contributed by atoms with E-state index in [0.29, 0.717) is 31.7 Å². The first-order valence-corrected chi connectivity index (χ1v) is 6.25. The molecule has 0 spiro atoms. The van der Waals surface area contributed by atoms with Crippen LogP contribution in [0.1, 0.15) is 28.6 Å². The zero-order valence-corrected chi connectivity index (χ0v) is 10.5. The third-order valence-electron chi connectivity index (χ3n) is 2.05. The summed E-state index contributed by atoms with van der Waals surface area (Å²) in [5.41, 5.74) is 5.67. The Hall–Kier alpha value is -1.40. The summed E-state index contributed by atoms with van der Waals surface area (Å²) in [7, 11) is 0. The molecule has 0 radical (unpaired) electrons. The Morgan fingerprint density at radius 1 is 1.53 bits per heavy atom. The summed E-state index contributed by atoms with van der Waals surface area (Å²) in [6, 6.07) is 1.75. The number of amides is 1. The molecule has 1 rings (SSSR count). The largest absolute Gasteiger partial charge is 0.466 e. The number of ether oxygens (including phenoxy) is 1. The van der Waals surface area contributed by atoms with Gasteiger partial charge in [-0.1, -0.05) is 0 Å². The number of hydrogen-bond donors (Lipinski definition) is 2. The number of hydrogen-bond acceptors (Lipinski definition) is 5. The highest BCUT2D eigenvalue weighted by Crippen LogP contribution is 2.13. The number of carbonyl (C=O) groups is 2. The van der Waals surface area contributed by atoms with Crippen LogP contribution < -0.4 is 11.1 Å². The van der Waals surface area contributed by atoms with E-state index in [4.69, 9.17) is 10.5 Å². The van der Waals surface area contributed by atoms with Crippen LogP contribution in [0.4, 0.5) is 0 Å². The van der Waals surface area contributed by atoms with Crippen LogP contribution in [0.5, 0.6) is 0 Å². The van der Waals surface area contributed by atoms with E-state index in [1.54, 1.807) is 18.4 Å². The number of thiophene rings is 1. The molecule has 0 unspecified atom stereocenters. The minimum absolute atomic E-state index is 0.205. The number of nitrogens with one attached hydrogen (secondary N) is 1. The average molecular weight is 256 g/mol. The molecule has 0 aromatic carbocycles. The van der Waals surface area contributed by atoms with Crippen LogP contribution in [0.2, 0.25) is 0 Å². The van der Waals surface area contributed by atoms with Crippen LogP contribution in [-0.2, 0) is 16.1 Å². The van der Waals surface area contributed by atoms with Gasteiger partial charge in [0, 0.05) is 23.3 Å². The normalized spacial score (nSPS) is 10.2. The Balaban J connectivity index is 2.22. The predicted octanol–water partition coefficient (Wildman–Crippen LogP) is 0.890. The van der Waals surface area contributed by atoms with E-state index in [-0.39, 0.29) is 5.97 Å². The van der Waals surface area contributed by atoms with Crippen LogP contribution >= 0.6 is 11.3 Å². The first kappa shape index (κ1) is 13.7. The molecule has 3 N–H and O–H groups in total. The fraction of sp³-hybridized carbons (Fsp3) is 0.455. The van der Waals surface area contributed by atoms with Gasteiger partial charge in [0.15, 0.2) is 0 Å². The van der Waals surface area contributed by atoms with Crippen LogP contribution in [0.15, 0.2) is 11.4 Å². The van der Waals surface area contributed by atoms with Gasteiger partial charge in [0.1, 0.15) is 0 Å². The molecule has 0 atom stereocenters. The Kier molecular flexibility index (Phi) is 5.65. The molecule has 1 amide bonds. The second kappa shape index (κ2) is 7.03. The second-order valence-electron chi connectivity index (χ2n) is 3.40. The maximum Gasteiger partial charge on any atom is 0.307 e. The number of esters is 1. The van der Waals surface area contributed by atoms with Gasteiger partial charge in [0.2, 0.25) is 5.91 Å². The molecule has 6 heteroatoms. The smallest absolute Gasteiger partial charge is 0.307 e. The molecule has 5 nitrogen and oxygen atoms in total. The summed E-state index contributed by atoms with van der Waals surface area (Å²) < 4.78 is 4.79. The number of rotatable bonds is 7. The van der Waals surface area contributed by atoms with E-state index in [2.05, 4.69) is 5.32 Å². The van der Waals surface area contributed by atoms with Crippen molar-refractivity contribution < 1.29 is 14.3 Å². The van der Waals surface area contributed by atoms with Crippen molar-refractivity contribution in [3.63, 3.8) is 0 Å². The van der Waals surface area contributed by atoms with Gasteiger partial charge in [0.05, 0.1) is 18.6 Å².